The first kappa shape index (κ1) is 17.3. The molecule has 1 fully saturated rings. The molecule has 0 aliphatic carbocycles. The number of aliphatic imine (C=N–C) groups is 2. The number of hydrogen-bond acceptors (Lipinski definition) is 4. The Hall–Kier alpha value is -0.0900. The molecule has 2 heterocycles. The van der Waals surface area contributed by atoms with Crippen LogP contribution in [0.1, 0.15) is 26.7 Å². The van der Waals surface area contributed by atoms with Crippen LogP contribution in [0.5, 0.6) is 0 Å². The number of nitrogens with zero attached hydrogens (tertiary/aromatic N) is 3. The Labute approximate surface area is 143 Å². The van der Waals surface area contributed by atoms with Crippen LogP contribution >= 0.6 is 39.6 Å². The maximum absolute atomic E-state index is 4.77. The molecule has 0 saturated carbocycles. The van der Waals surface area contributed by atoms with Crippen LogP contribution < -0.4 is 5.32 Å². The highest BCUT2D eigenvalue weighted by Crippen LogP contribution is 2.25. The second-order valence-electron chi connectivity index (χ2n) is 5.02. The van der Waals surface area contributed by atoms with E-state index in [1.807, 2.05) is 7.05 Å². The molecule has 4 nitrogen and oxygen atoms in total. The Morgan fingerprint density at radius 2 is 2.29 bits per heavy atom. The molecule has 2 aliphatic rings. The minimum absolute atomic E-state index is 0.0391. The lowest BCUT2D eigenvalue weighted by atomic mass is 10.2. The number of halogens is 2. The molecular weight excluding hydrogens is 490 g/mol. The quantitative estimate of drug-likeness (QED) is 0.349. The first-order valence-corrected chi connectivity index (χ1v) is 13.9. The average Bonchev–Trinajstić information content (AvgIpc) is 2.41. The standard InChI is InChI=1S/C15H24I2N4/c1-11(18-5)9-13(16-3)20-14-10-15(21-7-6-8-21)19-12(2)17(14)4/h10,20H,4,6-9H2,1-3,5H3. The van der Waals surface area contributed by atoms with Crippen molar-refractivity contribution in [2.24, 2.45) is 9.98 Å². The van der Waals surface area contributed by atoms with Crippen molar-refractivity contribution in [1.82, 2.24) is 10.2 Å². The van der Waals surface area contributed by atoms with Crippen molar-refractivity contribution in [3.63, 3.8) is 0 Å². The van der Waals surface area contributed by atoms with Crippen molar-refractivity contribution in [1.29, 1.82) is 0 Å². The molecule has 0 aromatic heterocycles. The van der Waals surface area contributed by atoms with E-state index in [4.69, 9.17) is 4.99 Å². The van der Waals surface area contributed by atoms with Gasteiger partial charge >= 0.3 is 0 Å². The molecule has 0 radical (unpaired) electrons. The van der Waals surface area contributed by atoms with Crippen molar-refractivity contribution in [2.75, 3.05) is 25.1 Å². The highest BCUT2D eigenvalue weighted by molar-refractivity contribution is 14.2. The first-order chi connectivity index (χ1) is 10.0. The highest BCUT2D eigenvalue weighted by Gasteiger charge is 2.20. The number of alkyl halides is 1. The third kappa shape index (κ3) is 4.44. The summed E-state index contributed by atoms with van der Waals surface area (Å²) in [4.78, 5) is 13.7. The highest BCUT2D eigenvalue weighted by atomic mass is 127. The van der Waals surface area contributed by atoms with E-state index in [2.05, 4.69) is 44.6 Å². The third-order valence-electron chi connectivity index (χ3n) is 3.56. The van der Waals surface area contributed by atoms with E-state index < -0.39 is 18.9 Å². The fourth-order valence-corrected chi connectivity index (χ4v) is 6.65. The molecule has 0 aromatic carbocycles. The smallest absolute Gasteiger partial charge is 0.131 e. The van der Waals surface area contributed by atoms with Gasteiger partial charge in [0.25, 0.3) is 0 Å². The van der Waals surface area contributed by atoms with E-state index in [0.717, 1.165) is 25.3 Å². The van der Waals surface area contributed by atoms with Gasteiger partial charge in [-0.3, -0.25) is 10.3 Å². The van der Waals surface area contributed by atoms with Crippen LogP contribution in [0.15, 0.2) is 21.9 Å². The number of nitrogens with one attached hydrogen (secondary N) is 1. The van der Waals surface area contributed by atoms with E-state index in [-0.39, 0.29) is 20.7 Å². The molecule has 21 heavy (non-hydrogen) atoms. The zero-order chi connectivity index (χ0) is 15.4. The zero-order valence-corrected chi connectivity index (χ0v) is 17.5. The summed E-state index contributed by atoms with van der Waals surface area (Å²) in [6.45, 7) is 6.52. The van der Waals surface area contributed by atoms with Gasteiger partial charge in [0.2, 0.25) is 0 Å². The molecule has 0 atom stereocenters. The number of rotatable bonds is 5. The molecular formula is C15H24I2N4. The average molecular weight is 514 g/mol. The zero-order valence-electron chi connectivity index (χ0n) is 13.2. The summed E-state index contributed by atoms with van der Waals surface area (Å²) >= 11 is -1.48. The van der Waals surface area contributed by atoms with Gasteiger partial charge in [0.15, 0.2) is 0 Å². The lowest BCUT2D eigenvalue weighted by molar-refractivity contribution is 0.237. The molecule has 2 aliphatic heterocycles. The van der Waals surface area contributed by atoms with Gasteiger partial charge in [-0.25, -0.2) is 4.99 Å². The minimum Gasteiger partial charge on any atom is -0.356 e. The van der Waals surface area contributed by atoms with Crippen molar-refractivity contribution in [2.45, 2.75) is 26.7 Å². The molecule has 2 rings (SSSR count). The Bertz CT molecular complexity index is 616. The third-order valence-corrected chi connectivity index (χ3v) is 9.62. The summed E-state index contributed by atoms with van der Waals surface area (Å²) in [5.41, 5.74) is 1.19. The van der Waals surface area contributed by atoms with Crippen LogP contribution in [0.2, 0.25) is 0 Å². The summed E-state index contributed by atoms with van der Waals surface area (Å²) < 4.78 is 8.45. The Morgan fingerprint density at radius 3 is 2.81 bits per heavy atom. The minimum atomic E-state index is -1.52. The van der Waals surface area contributed by atoms with Gasteiger partial charge in [-0.05, 0) is 25.2 Å². The lowest BCUT2D eigenvalue weighted by Crippen LogP contribution is -2.38. The molecule has 1 N–H and O–H groups in total. The topological polar surface area (TPSA) is 40.0 Å². The van der Waals surface area contributed by atoms with Crippen LogP contribution in [0.4, 0.5) is 0 Å². The summed E-state index contributed by atoms with van der Waals surface area (Å²) in [6, 6.07) is 0. The van der Waals surface area contributed by atoms with Crippen molar-refractivity contribution < 1.29 is 0 Å². The SMILES string of the molecule is C=I1=C(NC(CC(C)=NC)=IC)C=C(N2CCC2)N=C1C. The monoisotopic (exact) mass is 514 g/mol. The van der Waals surface area contributed by atoms with Gasteiger partial charge in [-0.2, -0.15) is 0 Å². The van der Waals surface area contributed by atoms with Gasteiger partial charge in [0, 0.05) is 42.0 Å². The molecule has 118 valence electrons. The predicted octanol–water partition coefficient (Wildman–Crippen LogP) is 2.83. The van der Waals surface area contributed by atoms with Crippen LogP contribution in [0.3, 0.4) is 0 Å². The fourth-order valence-electron chi connectivity index (χ4n) is 1.96. The van der Waals surface area contributed by atoms with E-state index in [0.29, 0.717) is 0 Å². The van der Waals surface area contributed by atoms with Crippen molar-refractivity contribution in [3.05, 3.63) is 11.9 Å². The van der Waals surface area contributed by atoms with Gasteiger partial charge < -0.3 is 4.90 Å². The summed E-state index contributed by atoms with van der Waals surface area (Å²) in [7, 11) is 1.87. The normalized spacial score (nSPS) is 21.5. The second kappa shape index (κ2) is 7.96. The van der Waals surface area contributed by atoms with Gasteiger partial charge in [-0.1, -0.05) is 23.4 Å². The molecule has 0 unspecified atom stereocenters. The maximum Gasteiger partial charge on any atom is 0.131 e. The summed E-state index contributed by atoms with van der Waals surface area (Å²) in [5.74, 6) is 1.13. The summed E-state index contributed by atoms with van der Waals surface area (Å²) in [6.07, 6.45) is 4.50. The Balaban J connectivity index is 2.21. The largest absolute Gasteiger partial charge is 0.356 e. The van der Waals surface area contributed by atoms with Gasteiger partial charge in [0.05, 0.1) is 7.35 Å². The van der Waals surface area contributed by atoms with Crippen molar-refractivity contribution >= 4 is 60.8 Å². The second-order valence-corrected chi connectivity index (χ2v) is 12.2. The van der Waals surface area contributed by atoms with E-state index in [1.54, 1.807) is 0 Å². The van der Waals surface area contributed by atoms with Crippen LogP contribution in [-0.4, -0.2) is 51.2 Å². The first-order valence-electron chi connectivity index (χ1n) is 6.97. The Kier molecular flexibility index (Phi) is 6.54. The fraction of sp³-hybridized carbons (Fsp3) is 0.533. The molecule has 0 aromatic rings. The molecule has 0 bridgehead atoms. The van der Waals surface area contributed by atoms with Gasteiger partial charge in [-0.15, -0.1) is 20.7 Å². The predicted molar refractivity (Wildman–Crippen MR) is 115 cm³/mol. The van der Waals surface area contributed by atoms with Crippen LogP contribution in [-0.2, 0) is 0 Å². The van der Waals surface area contributed by atoms with Gasteiger partial charge in [0.1, 0.15) is 5.82 Å². The van der Waals surface area contributed by atoms with Crippen molar-refractivity contribution in [3.8, 4) is 0 Å². The Morgan fingerprint density at radius 1 is 1.57 bits per heavy atom. The number of hydrogen-bond donors (Lipinski definition) is 1. The van der Waals surface area contributed by atoms with E-state index >= 15 is 0 Å². The van der Waals surface area contributed by atoms with E-state index in [9.17, 15) is 0 Å². The lowest BCUT2D eigenvalue weighted by Gasteiger charge is -2.34. The molecule has 6 heteroatoms. The maximum atomic E-state index is 4.77. The van der Waals surface area contributed by atoms with E-state index in [1.165, 1.54) is 23.1 Å². The molecule has 0 spiro atoms. The molecule has 1 saturated heterocycles. The summed E-state index contributed by atoms with van der Waals surface area (Å²) in [5, 5.41) is 3.71. The van der Waals surface area contributed by atoms with Crippen LogP contribution in [0, 0.1) is 0 Å². The number of likely N-dealkylation sites (tertiary alicyclic amines) is 1. The van der Waals surface area contributed by atoms with Crippen LogP contribution in [0.25, 0.3) is 0 Å². The molecule has 0 amide bonds.